The predicted octanol–water partition coefficient (Wildman–Crippen LogP) is 0.338. The Labute approximate surface area is 123 Å². The summed E-state index contributed by atoms with van der Waals surface area (Å²) < 4.78 is 48.7. The molecule has 0 aromatic heterocycles. The average Bonchev–Trinajstić information content (AvgIpc) is 2.78. The molecule has 0 saturated carbocycles. The number of benzene rings is 1. The second-order valence-corrected chi connectivity index (χ2v) is 9.33. The number of para-hydroxylation sites is 1. The molecule has 1 aromatic carbocycles. The lowest BCUT2D eigenvalue weighted by Crippen LogP contribution is -2.37. The molecule has 1 heterocycles. The van der Waals surface area contributed by atoms with E-state index in [2.05, 4.69) is 0 Å². The molecule has 1 fully saturated rings. The third-order valence-corrected chi connectivity index (χ3v) is 7.65. The molecule has 116 valence electrons. The number of sulfonamides is 1. The molecule has 1 aliphatic heterocycles. The number of carboxylic acids is 1. The molecule has 7 nitrogen and oxygen atoms in total. The van der Waals surface area contributed by atoms with E-state index < -0.39 is 36.8 Å². The number of carbonyl (C=O) groups is 1. The normalized spacial score (nSPS) is 21.1. The molecule has 0 radical (unpaired) electrons. The van der Waals surface area contributed by atoms with Gasteiger partial charge in [0.25, 0.3) is 0 Å². The summed E-state index contributed by atoms with van der Waals surface area (Å²) in [5, 5.41) is 8.08. The highest BCUT2D eigenvalue weighted by Gasteiger charge is 2.40. The molecule has 1 unspecified atom stereocenters. The van der Waals surface area contributed by atoms with E-state index in [0.29, 0.717) is 0 Å². The number of hydrogen-bond acceptors (Lipinski definition) is 5. The minimum Gasteiger partial charge on any atom is -0.478 e. The molecule has 1 aliphatic rings. The van der Waals surface area contributed by atoms with Gasteiger partial charge < -0.3 is 5.11 Å². The van der Waals surface area contributed by atoms with Crippen molar-refractivity contribution in [3.63, 3.8) is 0 Å². The zero-order chi connectivity index (χ0) is 15.8. The molecule has 21 heavy (non-hydrogen) atoms. The first-order valence-electron chi connectivity index (χ1n) is 6.15. The fourth-order valence-corrected chi connectivity index (χ4v) is 6.58. The van der Waals surface area contributed by atoms with Gasteiger partial charge >= 0.3 is 5.97 Å². The van der Waals surface area contributed by atoms with Gasteiger partial charge in [-0.3, -0.25) is 4.31 Å². The van der Waals surface area contributed by atoms with Crippen molar-refractivity contribution in [2.75, 3.05) is 22.9 Å². The van der Waals surface area contributed by atoms with Gasteiger partial charge in [0, 0.05) is 7.05 Å². The Kier molecular flexibility index (Phi) is 3.98. The molecule has 1 saturated heterocycles. The van der Waals surface area contributed by atoms with Crippen LogP contribution in [0.1, 0.15) is 16.8 Å². The molecular weight excluding hydrogens is 318 g/mol. The van der Waals surface area contributed by atoms with Gasteiger partial charge in [0.2, 0.25) is 10.0 Å². The van der Waals surface area contributed by atoms with E-state index in [1.54, 1.807) is 0 Å². The summed E-state index contributed by atoms with van der Waals surface area (Å²) >= 11 is 0. The predicted molar refractivity (Wildman–Crippen MR) is 77.8 cm³/mol. The van der Waals surface area contributed by atoms with Crippen molar-refractivity contribution in [2.45, 2.75) is 11.7 Å². The Bertz CT molecular complexity index is 769. The molecule has 0 amide bonds. The minimum atomic E-state index is -3.93. The SMILES string of the molecule is CN(c1ccccc1C(=O)O)S(=O)(=O)C1CCS(=O)(=O)C1. The van der Waals surface area contributed by atoms with Gasteiger partial charge in [0.05, 0.1) is 28.0 Å². The zero-order valence-electron chi connectivity index (χ0n) is 11.3. The van der Waals surface area contributed by atoms with E-state index in [1.807, 2.05) is 0 Å². The van der Waals surface area contributed by atoms with Crippen molar-refractivity contribution in [1.29, 1.82) is 0 Å². The van der Waals surface area contributed by atoms with E-state index in [4.69, 9.17) is 5.11 Å². The van der Waals surface area contributed by atoms with Crippen LogP contribution in [0.3, 0.4) is 0 Å². The minimum absolute atomic E-state index is 0.0225. The standard InChI is InChI=1S/C12H15NO6S2/c1-13(11-5-3-2-4-10(11)12(14)15)21(18,19)9-6-7-20(16,17)8-9/h2-5,9H,6-8H2,1H3,(H,14,15). The summed E-state index contributed by atoms with van der Waals surface area (Å²) in [5.74, 6) is -1.83. The summed E-state index contributed by atoms with van der Waals surface area (Å²) in [5.41, 5.74) is -0.126. The topological polar surface area (TPSA) is 109 Å². The second kappa shape index (κ2) is 5.30. The van der Waals surface area contributed by atoms with Crippen LogP contribution in [0.2, 0.25) is 0 Å². The van der Waals surface area contributed by atoms with Crippen molar-refractivity contribution < 1.29 is 26.7 Å². The van der Waals surface area contributed by atoms with E-state index >= 15 is 0 Å². The second-order valence-electron chi connectivity index (χ2n) is 4.86. The third-order valence-electron chi connectivity index (χ3n) is 3.47. The van der Waals surface area contributed by atoms with Crippen molar-refractivity contribution in [3.05, 3.63) is 29.8 Å². The van der Waals surface area contributed by atoms with E-state index in [9.17, 15) is 21.6 Å². The Morgan fingerprint density at radius 2 is 1.95 bits per heavy atom. The summed E-state index contributed by atoms with van der Waals surface area (Å²) in [6.07, 6.45) is 0.0320. The fraction of sp³-hybridized carbons (Fsp3) is 0.417. The maximum atomic E-state index is 12.5. The van der Waals surface area contributed by atoms with Crippen LogP contribution in [0.4, 0.5) is 5.69 Å². The number of nitrogens with zero attached hydrogens (tertiary/aromatic N) is 1. The Hall–Kier alpha value is -1.61. The van der Waals surface area contributed by atoms with Gasteiger partial charge in [-0.2, -0.15) is 0 Å². The Morgan fingerprint density at radius 3 is 2.48 bits per heavy atom. The number of carboxylic acid groups (broad SMARTS) is 1. The van der Waals surface area contributed by atoms with Gasteiger partial charge in [0.1, 0.15) is 0 Å². The Morgan fingerprint density at radius 1 is 1.33 bits per heavy atom. The third kappa shape index (κ3) is 3.03. The number of sulfone groups is 1. The quantitative estimate of drug-likeness (QED) is 0.851. The number of aromatic carboxylic acids is 1. The largest absolute Gasteiger partial charge is 0.478 e. The first kappa shape index (κ1) is 15.8. The van der Waals surface area contributed by atoms with Crippen LogP contribution in [-0.2, 0) is 19.9 Å². The summed E-state index contributed by atoms with van der Waals surface area (Å²) in [4.78, 5) is 11.2. The number of rotatable bonds is 4. The number of anilines is 1. The van der Waals surface area contributed by atoms with Crippen LogP contribution in [0.15, 0.2) is 24.3 Å². The maximum absolute atomic E-state index is 12.5. The zero-order valence-corrected chi connectivity index (χ0v) is 12.9. The van der Waals surface area contributed by atoms with Gasteiger partial charge in [-0.25, -0.2) is 21.6 Å². The molecule has 1 atom stereocenters. The van der Waals surface area contributed by atoms with Crippen molar-refractivity contribution in [3.8, 4) is 0 Å². The summed E-state index contributed by atoms with van der Waals surface area (Å²) in [6.45, 7) is 0. The highest BCUT2D eigenvalue weighted by atomic mass is 32.2. The van der Waals surface area contributed by atoms with Crippen LogP contribution in [0, 0.1) is 0 Å². The monoisotopic (exact) mass is 333 g/mol. The summed E-state index contributed by atoms with van der Waals surface area (Å²) in [7, 11) is -6.03. The van der Waals surface area contributed by atoms with Gasteiger partial charge in [-0.15, -0.1) is 0 Å². The number of hydrogen-bond donors (Lipinski definition) is 1. The highest BCUT2D eigenvalue weighted by molar-refractivity contribution is 7.97. The first-order chi connectivity index (χ1) is 9.65. The Balaban J connectivity index is 2.40. The van der Waals surface area contributed by atoms with Gasteiger partial charge in [-0.1, -0.05) is 12.1 Å². The van der Waals surface area contributed by atoms with E-state index in [-0.39, 0.29) is 23.4 Å². The average molecular weight is 333 g/mol. The lowest BCUT2D eigenvalue weighted by Gasteiger charge is -2.24. The van der Waals surface area contributed by atoms with Gasteiger partial charge in [-0.05, 0) is 18.6 Å². The van der Waals surface area contributed by atoms with Crippen molar-refractivity contribution in [2.24, 2.45) is 0 Å². The fourth-order valence-electron chi connectivity index (χ4n) is 2.29. The molecule has 0 aliphatic carbocycles. The van der Waals surface area contributed by atoms with Crippen LogP contribution in [-0.4, -0.2) is 51.7 Å². The molecule has 0 spiro atoms. The van der Waals surface area contributed by atoms with Crippen molar-refractivity contribution >= 4 is 31.5 Å². The first-order valence-corrected chi connectivity index (χ1v) is 9.48. The van der Waals surface area contributed by atoms with E-state index in [0.717, 1.165) is 4.31 Å². The van der Waals surface area contributed by atoms with E-state index in [1.165, 1.54) is 31.3 Å². The van der Waals surface area contributed by atoms with Crippen molar-refractivity contribution in [1.82, 2.24) is 0 Å². The molecule has 1 N–H and O–H groups in total. The molecule has 0 bridgehead atoms. The van der Waals surface area contributed by atoms with Crippen LogP contribution < -0.4 is 4.31 Å². The lowest BCUT2D eigenvalue weighted by molar-refractivity contribution is 0.0698. The summed E-state index contributed by atoms with van der Waals surface area (Å²) in [6, 6.07) is 5.70. The highest BCUT2D eigenvalue weighted by Crippen LogP contribution is 2.27. The van der Waals surface area contributed by atoms with Gasteiger partial charge in [0.15, 0.2) is 9.84 Å². The van der Waals surface area contributed by atoms with Crippen LogP contribution in [0.5, 0.6) is 0 Å². The van der Waals surface area contributed by atoms with Crippen LogP contribution in [0.25, 0.3) is 0 Å². The molecular formula is C12H15NO6S2. The lowest BCUT2D eigenvalue weighted by atomic mass is 10.2. The smallest absolute Gasteiger partial charge is 0.337 e. The molecule has 1 aromatic rings. The van der Waals surface area contributed by atoms with Crippen LogP contribution >= 0.6 is 0 Å². The molecule has 2 rings (SSSR count). The molecule has 9 heteroatoms. The maximum Gasteiger partial charge on any atom is 0.337 e.